The van der Waals surface area contributed by atoms with Crippen molar-refractivity contribution in [3.8, 4) is 0 Å². The predicted molar refractivity (Wildman–Crippen MR) is 85.9 cm³/mol. The maximum absolute atomic E-state index is 12.1. The molecule has 122 valence electrons. The van der Waals surface area contributed by atoms with Crippen molar-refractivity contribution < 1.29 is 14.7 Å². The first-order valence-electron chi connectivity index (χ1n) is 7.50. The van der Waals surface area contributed by atoms with E-state index in [1.54, 1.807) is 16.7 Å². The van der Waals surface area contributed by atoms with Gasteiger partial charge < -0.3 is 15.3 Å². The van der Waals surface area contributed by atoms with Crippen molar-refractivity contribution in [2.45, 2.75) is 38.8 Å². The molecule has 1 aliphatic heterocycles. The van der Waals surface area contributed by atoms with E-state index in [4.69, 9.17) is 5.11 Å². The molecular formula is C14H27N3O3S. The van der Waals surface area contributed by atoms with Crippen molar-refractivity contribution in [2.75, 3.05) is 38.2 Å². The van der Waals surface area contributed by atoms with Gasteiger partial charge in [-0.05, 0) is 31.8 Å². The number of piperazine rings is 1. The summed E-state index contributed by atoms with van der Waals surface area (Å²) in [6.07, 6.45) is 3.48. The number of rotatable bonds is 7. The van der Waals surface area contributed by atoms with E-state index in [0.717, 1.165) is 25.3 Å². The number of hydrogen-bond acceptors (Lipinski definition) is 4. The lowest BCUT2D eigenvalue weighted by atomic mass is 10.2. The molecule has 7 heteroatoms. The van der Waals surface area contributed by atoms with Gasteiger partial charge >= 0.3 is 12.0 Å². The van der Waals surface area contributed by atoms with Gasteiger partial charge in [-0.2, -0.15) is 11.8 Å². The number of nitrogens with zero attached hydrogens (tertiary/aromatic N) is 2. The normalized spacial score (nSPS) is 19.1. The lowest BCUT2D eigenvalue weighted by molar-refractivity contribution is -0.139. The minimum absolute atomic E-state index is 0.257. The van der Waals surface area contributed by atoms with E-state index in [1.807, 2.05) is 6.26 Å². The summed E-state index contributed by atoms with van der Waals surface area (Å²) in [5.74, 6) is -0.241. The molecule has 1 heterocycles. The Labute approximate surface area is 131 Å². The summed E-state index contributed by atoms with van der Waals surface area (Å²) in [6.45, 7) is 7.37. The highest BCUT2D eigenvalue weighted by Gasteiger charge is 2.26. The van der Waals surface area contributed by atoms with Gasteiger partial charge in [-0.25, -0.2) is 9.59 Å². The van der Waals surface area contributed by atoms with Crippen molar-refractivity contribution in [1.29, 1.82) is 0 Å². The Morgan fingerprint density at radius 1 is 1.29 bits per heavy atom. The number of carbonyl (C=O) groups excluding carboxylic acids is 1. The van der Waals surface area contributed by atoms with Gasteiger partial charge in [0.1, 0.15) is 6.04 Å². The third-order valence-electron chi connectivity index (χ3n) is 4.02. The lowest BCUT2D eigenvalue weighted by Gasteiger charge is -2.38. The maximum Gasteiger partial charge on any atom is 0.326 e. The van der Waals surface area contributed by atoms with Gasteiger partial charge in [0.05, 0.1) is 0 Å². The van der Waals surface area contributed by atoms with E-state index in [0.29, 0.717) is 25.6 Å². The first-order valence-corrected chi connectivity index (χ1v) is 8.90. The fraction of sp³-hybridized carbons (Fsp3) is 0.857. The van der Waals surface area contributed by atoms with Crippen LogP contribution in [0.2, 0.25) is 0 Å². The average molecular weight is 317 g/mol. The fourth-order valence-electron chi connectivity index (χ4n) is 2.36. The van der Waals surface area contributed by atoms with Crippen LogP contribution in [0.4, 0.5) is 4.79 Å². The molecule has 1 unspecified atom stereocenters. The van der Waals surface area contributed by atoms with E-state index in [2.05, 4.69) is 24.1 Å². The summed E-state index contributed by atoms with van der Waals surface area (Å²) in [7, 11) is 0. The van der Waals surface area contributed by atoms with Gasteiger partial charge in [-0.15, -0.1) is 0 Å². The number of carbonyl (C=O) groups is 2. The van der Waals surface area contributed by atoms with Gasteiger partial charge in [0.2, 0.25) is 0 Å². The fourth-order valence-corrected chi connectivity index (χ4v) is 2.83. The van der Waals surface area contributed by atoms with Crippen molar-refractivity contribution in [2.24, 2.45) is 0 Å². The first-order chi connectivity index (χ1) is 9.99. The molecule has 0 aromatic heterocycles. The minimum Gasteiger partial charge on any atom is -0.480 e. The molecule has 0 radical (unpaired) electrons. The Bertz CT molecular complexity index is 346. The highest BCUT2D eigenvalue weighted by Crippen LogP contribution is 2.09. The van der Waals surface area contributed by atoms with Crippen LogP contribution in [-0.4, -0.2) is 77.2 Å². The quantitative estimate of drug-likeness (QED) is 0.741. The van der Waals surface area contributed by atoms with Gasteiger partial charge in [0.25, 0.3) is 0 Å². The Kier molecular flexibility index (Phi) is 7.88. The zero-order valence-electron chi connectivity index (χ0n) is 13.2. The van der Waals surface area contributed by atoms with Crippen molar-refractivity contribution in [3.63, 3.8) is 0 Å². The minimum atomic E-state index is -0.962. The van der Waals surface area contributed by atoms with Crippen LogP contribution in [0.5, 0.6) is 0 Å². The maximum atomic E-state index is 12.1. The summed E-state index contributed by atoms with van der Waals surface area (Å²) >= 11 is 1.58. The van der Waals surface area contributed by atoms with Crippen molar-refractivity contribution in [1.82, 2.24) is 15.1 Å². The van der Waals surface area contributed by atoms with Gasteiger partial charge in [-0.1, -0.05) is 6.92 Å². The molecule has 0 aromatic carbocycles. The molecule has 1 rings (SSSR count). The molecule has 2 amide bonds. The monoisotopic (exact) mass is 317 g/mol. The molecule has 0 aliphatic carbocycles. The summed E-state index contributed by atoms with van der Waals surface area (Å²) in [6, 6.07) is -0.520. The lowest BCUT2D eigenvalue weighted by Crippen LogP contribution is -2.55. The Morgan fingerprint density at radius 2 is 1.90 bits per heavy atom. The van der Waals surface area contributed by atoms with E-state index in [9.17, 15) is 9.59 Å². The van der Waals surface area contributed by atoms with E-state index in [1.165, 1.54) is 0 Å². The molecule has 0 aromatic rings. The highest BCUT2D eigenvalue weighted by atomic mass is 32.2. The molecule has 0 saturated carbocycles. The van der Waals surface area contributed by atoms with E-state index >= 15 is 0 Å². The summed E-state index contributed by atoms with van der Waals surface area (Å²) < 4.78 is 0. The molecule has 1 aliphatic rings. The number of carboxylic acid groups (broad SMARTS) is 1. The van der Waals surface area contributed by atoms with Crippen LogP contribution in [0.3, 0.4) is 0 Å². The van der Waals surface area contributed by atoms with Crippen LogP contribution in [0.1, 0.15) is 26.7 Å². The number of aliphatic carboxylic acids is 1. The molecule has 1 saturated heterocycles. The van der Waals surface area contributed by atoms with Gasteiger partial charge in [0, 0.05) is 32.2 Å². The van der Waals surface area contributed by atoms with Crippen molar-refractivity contribution >= 4 is 23.8 Å². The Hall–Kier alpha value is -0.950. The van der Waals surface area contributed by atoms with Crippen molar-refractivity contribution in [3.05, 3.63) is 0 Å². The predicted octanol–water partition coefficient (Wildman–Crippen LogP) is 1.32. The van der Waals surface area contributed by atoms with Crippen LogP contribution in [0.15, 0.2) is 0 Å². The molecule has 0 spiro atoms. The molecule has 2 atom stereocenters. The standard InChI is InChI=1S/C14H27N3O3S/c1-4-11(2)16-6-8-17(9-7-16)14(20)15-12(13(18)19)5-10-21-3/h11-12H,4-10H2,1-3H3,(H,15,20)(H,18,19)/t11?,12-/m1/s1. The molecule has 1 fully saturated rings. The molecular weight excluding hydrogens is 290 g/mol. The van der Waals surface area contributed by atoms with E-state index in [-0.39, 0.29) is 6.03 Å². The number of nitrogens with one attached hydrogen (secondary N) is 1. The second kappa shape index (κ2) is 9.15. The van der Waals surface area contributed by atoms with Crippen LogP contribution in [-0.2, 0) is 4.79 Å². The number of carboxylic acids is 1. The van der Waals surface area contributed by atoms with Crippen LogP contribution < -0.4 is 5.32 Å². The zero-order valence-corrected chi connectivity index (χ0v) is 14.0. The number of urea groups is 1. The first kappa shape index (κ1) is 18.1. The molecule has 0 bridgehead atoms. The second-order valence-electron chi connectivity index (χ2n) is 5.40. The largest absolute Gasteiger partial charge is 0.480 e. The Morgan fingerprint density at radius 3 is 2.38 bits per heavy atom. The number of hydrogen-bond donors (Lipinski definition) is 2. The zero-order chi connectivity index (χ0) is 15.8. The molecule has 21 heavy (non-hydrogen) atoms. The smallest absolute Gasteiger partial charge is 0.326 e. The molecule has 2 N–H and O–H groups in total. The summed E-state index contributed by atoms with van der Waals surface area (Å²) in [4.78, 5) is 27.4. The van der Waals surface area contributed by atoms with Crippen LogP contribution in [0, 0.1) is 0 Å². The van der Waals surface area contributed by atoms with Crippen LogP contribution >= 0.6 is 11.8 Å². The third kappa shape index (κ3) is 5.74. The Balaban J connectivity index is 2.43. The molecule has 6 nitrogen and oxygen atoms in total. The summed E-state index contributed by atoms with van der Waals surface area (Å²) in [5, 5.41) is 11.8. The average Bonchev–Trinajstić information content (AvgIpc) is 2.50. The summed E-state index contributed by atoms with van der Waals surface area (Å²) in [5.41, 5.74) is 0. The SMILES string of the molecule is CCC(C)N1CCN(C(=O)N[C@H](CCSC)C(=O)O)CC1. The topological polar surface area (TPSA) is 72.9 Å². The third-order valence-corrected chi connectivity index (χ3v) is 4.67. The number of amides is 2. The number of thioether (sulfide) groups is 1. The van der Waals surface area contributed by atoms with Gasteiger partial charge in [0.15, 0.2) is 0 Å². The second-order valence-corrected chi connectivity index (χ2v) is 6.39. The van der Waals surface area contributed by atoms with E-state index < -0.39 is 12.0 Å². The highest BCUT2D eigenvalue weighted by molar-refractivity contribution is 7.98. The van der Waals surface area contributed by atoms with Gasteiger partial charge in [-0.3, -0.25) is 4.90 Å². The van der Waals surface area contributed by atoms with Crippen LogP contribution in [0.25, 0.3) is 0 Å².